The Hall–Kier alpha value is -0.960. The Morgan fingerprint density at radius 2 is 1.80 bits per heavy atom. The SMILES string of the molecule is CC(C)(C)NCc1ccccc1Sc1cccc(Cl)c1. The first kappa shape index (κ1) is 15.4. The summed E-state index contributed by atoms with van der Waals surface area (Å²) in [6.07, 6.45) is 0. The van der Waals surface area contributed by atoms with Gasteiger partial charge in [-0.3, -0.25) is 0 Å². The number of benzene rings is 2. The molecule has 0 unspecified atom stereocenters. The maximum absolute atomic E-state index is 6.05. The van der Waals surface area contributed by atoms with Gasteiger partial charge in [-0.2, -0.15) is 0 Å². The van der Waals surface area contributed by atoms with E-state index in [0.717, 1.165) is 11.6 Å². The van der Waals surface area contributed by atoms with Gasteiger partial charge in [0.15, 0.2) is 0 Å². The second-order valence-electron chi connectivity index (χ2n) is 5.77. The van der Waals surface area contributed by atoms with Gasteiger partial charge in [0.25, 0.3) is 0 Å². The van der Waals surface area contributed by atoms with Crippen LogP contribution in [0.15, 0.2) is 58.3 Å². The zero-order valence-electron chi connectivity index (χ0n) is 12.1. The van der Waals surface area contributed by atoms with E-state index in [9.17, 15) is 0 Å². The van der Waals surface area contributed by atoms with Crippen LogP contribution < -0.4 is 5.32 Å². The summed E-state index contributed by atoms with van der Waals surface area (Å²) >= 11 is 7.80. The topological polar surface area (TPSA) is 12.0 Å². The molecule has 0 saturated carbocycles. The fourth-order valence-electron chi connectivity index (χ4n) is 1.77. The highest BCUT2D eigenvalue weighted by molar-refractivity contribution is 7.99. The smallest absolute Gasteiger partial charge is 0.0417 e. The Morgan fingerprint density at radius 3 is 2.50 bits per heavy atom. The minimum atomic E-state index is 0.119. The van der Waals surface area contributed by atoms with Crippen LogP contribution in [0.25, 0.3) is 0 Å². The van der Waals surface area contributed by atoms with Gasteiger partial charge >= 0.3 is 0 Å². The summed E-state index contributed by atoms with van der Waals surface area (Å²) in [5.41, 5.74) is 1.43. The van der Waals surface area contributed by atoms with Crippen LogP contribution in [-0.4, -0.2) is 5.54 Å². The number of halogens is 1. The summed E-state index contributed by atoms with van der Waals surface area (Å²) in [6, 6.07) is 16.5. The molecular weight excluding hydrogens is 286 g/mol. The summed E-state index contributed by atoms with van der Waals surface area (Å²) in [5, 5.41) is 4.31. The third kappa shape index (κ3) is 4.86. The molecule has 0 heterocycles. The molecule has 0 aliphatic carbocycles. The van der Waals surface area contributed by atoms with Crippen molar-refractivity contribution >= 4 is 23.4 Å². The van der Waals surface area contributed by atoms with Crippen molar-refractivity contribution in [1.29, 1.82) is 0 Å². The molecule has 0 bridgehead atoms. The zero-order valence-corrected chi connectivity index (χ0v) is 13.7. The lowest BCUT2D eigenvalue weighted by Crippen LogP contribution is -2.35. The van der Waals surface area contributed by atoms with Gasteiger partial charge in [-0.15, -0.1) is 0 Å². The number of nitrogens with one attached hydrogen (secondary N) is 1. The highest BCUT2D eigenvalue weighted by Gasteiger charge is 2.10. The summed E-state index contributed by atoms with van der Waals surface area (Å²) < 4.78 is 0. The summed E-state index contributed by atoms with van der Waals surface area (Å²) in [7, 11) is 0. The van der Waals surface area contributed by atoms with Crippen LogP contribution in [0.2, 0.25) is 5.02 Å². The van der Waals surface area contributed by atoms with Crippen molar-refractivity contribution in [1.82, 2.24) is 5.32 Å². The predicted molar refractivity (Wildman–Crippen MR) is 88.6 cm³/mol. The average Bonchev–Trinajstić information content (AvgIpc) is 2.37. The molecule has 0 spiro atoms. The summed E-state index contributed by atoms with van der Waals surface area (Å²) in [6.45, 7) is 7.41. The second-order valence-corrected chi connectivity index (χ2v) is 7.32. The van der Waals surface area contributed by atoms with E-state index in [4.69, 9.17) is 11.6 Å². The number of rotatable bonds is 4. The van der Waals surface area contributed by atoms with Crippen molar-refractivity contribution in [3.63, 3.8) is 0 Å². The molecule has 2 aromatic carbocycles. The van der Waals surface area contributed by atoms with Crippen LogP contribution in [-0.2, 0) is 6.54 Å². The van der Waals surface area contributed by atoms with Gasteiger partial charge in [-0.05, 0) is 50.6 Å². The fraction of sp³-hybridized carbons (Fsp3) is 0.294. The van der Waals surface area contributed by atoms with E-state index in [1.54, 1.807) is 11.8 Å². The maximum Gasteiger partial charge on any atom is 0.0417 e. The Kier molecular flexibility index (Phi) is 5.14. The molecule has 0 atom stereocenters. The van der Waals surface area contributed by atoms with Gasteiger partial charge in [0, 0.05) is 26.9 Å². The highest BCUT2D eigenvalue weighted by atomic mass is 35.5. The number of hydrogen-bond donors (Lipinski definition) is 1. The molecule has 0 amide bonds. The minimum Gasteiger partial charge on any atom is -0.308 e. The van der Waals surface area contributed by atoms with Crippen LogP contribution in [0.3, 0.4) is 0 Å². The molecule has 3 heteroatoms. The zero-order chi connectivity index (χ0) is 14.6. The normalized spacial score (nSPS) is 11.6. The minimum absolute atomic E-state index is 0.119. The lowest BCUT2D eigenvalue weighted by molar-refractivity contribution is 0.422. The van der Waals surface area contributed by atoms with E-state index >= 15 is 0 Å². The van der Waals surface area contributed by atoms with Gasteiger partial charge in [0.05, 0.1) is 0 Å². The molecule has 20 heavy (non-hydrogen) atoms. The van der Waals surface area contributed by atoms with Crippen molar-refractivity contribution in [2.24, 2.45) is 0 Å². The van der Waals surface area contributed by atoms with Gasteiger partial charge < -0.3 is 5.32 Å². The molecule has 1 N–H and O–H groups in total. The molecule has 0 aliphatic rings. The van der Waals surface area contributed by atoms with E-state index in [1.807, 2.05) is 18.2 Å². The standard InChI is InChI=1S/C17H20ClNS/c1-17(2,3)19-12-13-7-4-5-10-16(13)20-15-9-6-8-14(18)11-15/h4-11,19H,12H2,1-3H3. The van der Waals surface area contributed by atoms with Crippen LogP contribution in [0.5, 0.6) is 0 Å². The Labute approximate surface area is 130 Å². The molecule has 0 fully saturated rings. The Balaban J connectivity index is 2.15. The predicted octanol–water partition coefficient (Wildman–Crippen LogP) is 5.38. The average molecular weight is 306 g/mol. The van der Waals surface area contributed by atoms with Crippen molar-refractivity contribution in [2.75, 3.05) is 0 Å². The van der Waals surface area contributed by atoms with Gasteiger partial charge in [-0.25, -0.2) is 0 Å². The van der Waals surface area contributed by atoms with E-state index < -0.39 is 0 Å². The van der Waals surface area contributed by atoms with E-state index in [2.05, 4.69) is 56.4 Å². The van der Waals surface area contributed by atoms with Crippen molar-refractivity contribution in [3.05, 3.63) is 59.1 Å². The van der Waals surface area contributed by atoms with E-state index in [1.165, 1.54) is 15.4 Å². The molecular formula is C17H20ClNS. The van der Waals surface area contributed by atoms with Crippen molar-refractivity contribution in [2.45, 2.75) is 42.6 Å². The van der Waals surface area contributed by atoms with Crippen LogP contribution in [0.1, 0.15) is 26.3 Å². The third-order valence-electron chi connectivity index (χ3n) is 2.81. The second kappa shape index (κ2) is 6.66. The first-order valence-electron chi connectivity index (χ1n) is 6.70. The lowest BCUT2D eigenvalue weighted by atomic mass is 10.1. The molecule has 106 valence electrons. The molecule has 0 aliphatic heterocycles. The van der Waals surface area contributed by atoms with E-state index in [0.29, 0.717) is 0 Å². The van der Waals surface area contributed by atoms with Crippen molar-refractivity contribution in [3.8, 4) is 0 Å². The molecule has 2 rings (SSSR count). The third-order valence-corrected chi connectivity index (χ3v) is 4.15. The fourth-order valence-corrected chi connectivity index (χ4v) is 3.03. The first-order valence-corrected chi connectivity index (χ1v) is 7.90. The molecule has 0 radical (unpaired) electrons. The molecule has 0 saturated heterocycles. The summed E-state index contributed by atoms with van der Waals surface area (Å²) in [4.78, 5) is 2.44. The highest BCUT2D eigenvalue weighted by Crippen LogP contribution is 2.31. The van der Waals surface area contributed by atoms with Gasteiger partial charge in [0.1, 0.15) is 0 Å². The molecule has 1 nitrogen and oxygen atoms in total. The molecule has 2 aromatic rings. The number of hydrogen-bond acceptors (Lipinski definition) is 2. The Bertz CT molecular complexity index is 575. The van der Waals surface area contributed by atoms with Crippen molar-refractivity contribution < 1.29 is 0 Å². The Morgan fingerprint density at radius 1 is 1.05 bits per heavy atom. The van der Waals surface area contributed by atoms with Crippen LogP contribution in [0.4, 0.5) is 0 Å². The quantitative estimate of drug-likeness (QED) is 0.814. The lowest BCUT2D eigenvalue weighted by Gasteiger charge is -2.21. The van der Waals surface area contributed by atoms with E-state index in [-0.39, 0.29) is 5.54 Å². The molecule has 0 aromatic heterocycles. The van der Waals surface area contributed by atoms with Crippen LogP contribution >= 0.6 is 23.4 Å². The first-order chi connectivity index (χ1) is 9.44. The van der Waals surface area contributed by atoms with Gasteiger partial charge in [-0.1, -0.05) is 47.6 Å². The maximum atomic E-state index is 6.05. The summed E-state index contributed by atoms with van der Waals surface area (Å²) in [5.74, 6) is 0. The van der Waals surface area contributed by atoms with Gasteiger partial charge in [0.2, 0.25) is 0 Å². The van der Waals surface area contributed by atoms with Crippen LogP contribution in [0, 0.1) is 0 Å². The monoisotopic (exact) mass is 305 g/mol. The largest absolute Gasteiger partial charge is 0.308 e.